The van der Waals surface area contributed by atoms with Crippen LogP contribution < -0.4 is 5.32 Å². The van der Waals surface area contributed by atoms with Crippen LogP contribution in [0.25, 0.3) is 0 Å². The summed E-state index contributed by atoms with van der Waals surface area (Å²) in [5, 5.41) is 4.07. The van der Waals surface area contributed by atoms with Crippen LogP contribution in [0.1, 0.15) is 4.88 Å². The Morgan fingerprint density at radius 2 is 2.00 bits per heavy atom. The maximum Gasteiger partial charge on any atom is 0.0702 e. The van der Waals surface area contributed by atoms with Gasteiger partial charge >= 0.3 is 0 Å². The van der Waals surface area contributed by atoms with Gasteiger partial charge in [0, 0.05) is 21.6 Å². The van der Waals surface area contributed by atoms with Gasteiger partial charge in [0.2, 0.25) is 0 Å². The molecular formula is C11H8Br2ClNS. The van der Waals surface area contributed by atoms with Crippen LogP contribution in [0, 0.1) is 0 Å². The highest BCUT2D eigenvalue weighted by atomic mass is 79.9. The van der Waals surface area contributed by atoms with Gasteiger partial charge in [-0.15, -0.1) is 11.3 Å². The first kappa shape index (κ1) is 12.4. The number of hydrogen-bond donors (Lipinski definition) is 1. The normalized spacial score (nSPS) is 10.4. The van der Waals surface area contributed by atoms with E-state index in [0.29, 0.717) is 0 Å². The van der Waals surface area contributed by atoms with Gasteiger partial charge in [0.15, 0.2) is 0 Å². The first-order valence-corrected chi connectivity index (χ1v) is 7.36. The van der Waals surface area contributed by atoms with Gasteiger partial charge in [-0.1, -0.05) is 11.6 Å². The molecule has 0 unspecified atom stereocenters. The molecule has 5 heteroatoms. The summed E-state index contributed by atoms with van der Waals surface area (Å²) in [4.78, 5) is 1.29. The minimum absolute atomic E-state index is 0.726. The fourth-order valence-electron chi connectivity index (χ4n) is 1.24. The molecule has 1 nitrogen and oxygen atoms in total. The third-order valence-corrected chi connectivity index (χ3v) is 4.85. The standard InChI is InChI=1S/C11H8Br2ClNS/c12-9-5-7(1-3-10(9)14)15-6-8-2-4-11(13)16-8/h1-5,15H,6H2. The largest absolute Gasteiger partial charge is 0.380 e. The predicted molar refractivity (Wildman–Crippen MR) is 78.5 cm³/mol. The highest BCUT2D eigenvalue weighted by Crippen LogP contribution is 2.27. The van der Waals surface area contributed by atoms with E-state index in [4.69, 9.17) is 11.6 Å². The van der Waals surface area contributed by atoms with Crippen molar-refractivity contribution < 1.29 is 0 Å². The van der Waals surface area contributed by atoms with Gasteiger partial charge in [-0.25, -0.2) is 0 Å². The lowest BCUT2D eigenvalue weighted by Gasteiger charge is -2.05. The fraction of sp³-hybridized carbons (Fsp3) is 0.0909. The van der Waals surface area contributed by atoms with Crippen molar-refractivity contribution in [1.82, 2.24) is 0 Å². The molecule has 1 aromatic heterocycles. The lowest BCUT2D eigenvalue weighted by molar-refractivity contribution is 1.19. The van der Waals surface area contributed by atoms with Gasteiger partial charge < -0.3 is 5.32 Å². The molecule has 16 heavy (non-hydrogen) atoms. The van der Waals surface area contributed by atoms with E-state index >= 15 is 0 Å². The van der Waals surface area contributed by atoms with Crippen molar-refractivity contribution in [2.24, 2.45) is 0 Å². The smallest absolute Gasteiger partial charge is 0.0702 e. The maximum atomic E-state index is 5.92. The molecule has 0 spiro atoms. The van der Waals surface area contributed by atoms with Crippen molar-refractivity contribution in [2.75, 3.05) is 5.32 Å². The second kappa shape index (κ2) is 5.54. The van der Waals surface area contributed by atoms with E-state index in [-0.39, 0.29) is 0 Å². The van der Waals surface area contributed by atoms with Crippen LogP contribution in [0.5, 0.6) is 0 Å². The van der Waals surface area contributed by atoms with Gasteiger partial charge in [0.05, 0.1) is 8.81 Å². The first-order valence-electron chi connectivity index (χ1n) is 4.58. The Morgan fingerprint density at radius 1 is 1.19 bits per heavy atom. The monoisotopic (exact) mass is 379 g/mol. The molecule has 0 aliphatic rings. The Bertz CT molecular complexity index is 498. The molecule has 2 rings (SSSR count). The van der Waals surface area contributed by atoms with Crippen LogP contribution in [-0.4, -0.2) is 0 Å². The average Bonchev–Trinajstić information content (AvgIpc) is 2.66. The van der Waals surface area contributed by atoms with Crippen LogP contribution in [0.3, 0.4) is 0 Å². The molecule has 1 aromatic carbocycles. The molecule has 1 heterocycles. The zero-order chi connectivity index (χ0) is 11.5. The molecule has 0 radical (unpaired) electrons. The highest BCUT2D eigenvalue weighted by Gasteiger charge is 2.00. The quantitative estimate of drug-likeness (QED) is 0.736. The van der Waals surface area contributed by atoms with E-state index in [1.165, 1.54) is 4.88 Å². The van der Waals surface area contributed by atoms with Crippen LogP contribution >= 0.6 is 54.8 Å². The van der Waals surface area contributed by atoms with Crippen molar-refractivity contribution >= 4 is 60.5 Å². The van der Waals surface area contributed by atoms with E-state index < -0.39 is 0 Å². The Hall–Kier alpha value is -0.0300. The summed E-state index contributed by atoms with van der Waals surface area (Å²) in [5.74, 6) is 0. The molecule has 0 aliphatic carbocycles. The summed E-state index contributed by atoms with van der Waals surface area (Å²) in [5.41, 5.74) is 1.06. The summed E-state index contributed by atoms with van der Waals surface area (Å²) in [7, 11) is 0. The molecule has 0 bridgehead atoms. The summed E-state index contributed by atoms with van der Waals surface area (Å²) >= 11 is 14.5. The number of hydrogen-bond acceptors (Lipinski definition) is 2. The molecule has 0 fully saturated rings. The van der Waals surface area contributed by atoms with Crippen molar-refractivity contribution in [3.8, 4) is 0 Å². The second-order valence-electron chi connectivity index (χ2n) is 3.19. The summed E-state index contributed by atoms with van der Waals surface area (Å²) in [6, 6.07) is 9.98. The molecule has 1 N–H and O–H groups in total. The summed E-state index contributed by atoms with van der Waals surface area (Å²) in [6.07, 6.45) is 0. The molecular weight excluding hydrogens is 373 g/mol. The van der Waals surface area contributed by atoms with Gasteiger partial charge in [-0.3, -0.25) is 0 Å². The molecule has 2 aromatic rings. The summed E-state index contributed by atoms with van der Waals surface area (Å²) < 4.78 is 2.06. The third-order valence-electron chi connectivity index (χ3n) is 2.02. The van der Waals surface area contributed by atoms with Crippen LogP contribution in [-0.2, 0) is 6.54 Å². The van der Waals surface area contributed by atoms with Gasteiger partial charge in [-0.2, -0.15) is 0 Å². The molecule has 0 saturated heterocycles. The zero-order valence-corrected chi connectivity index (χ0v) is 12.9. The number of benzene rings is 1. The topological polar surface area (TPSA) is 12.0 Å². The highest BCUT2D eigenvalue weighted by molar-refractivity contribution is 9.11. The van der Waals surface area contributed by atoms with Gasteiger partial charge in [0.25, 0.3) is 0 Å². The predicted octanol–water partition coefficient (Wildman–Crippen LogP) is 5.54. The third kappa shape index (κ3) is 3.23. The fourth-order valence-corrected chi connectivity index (χ4v) is 3.16. The Labute approximate surface area is 120 Å². The molecule has 84 valence electrons. The van der Waals surface area contributed by atoms with Gasteiger partial charge in [0.1, 0.15) is 0 Å². The van der Waals surface area contributed by atoms with Crippen LogP contribution in [0.2, 0.25) is 5.02 Å². The van der Waals surface area contributed by atoms with Crippen molar-refractivity contribution in [3.63, 3.8) is 0 Å². The number of anilines is 1. The minimum atomic E-state index is 0.726. The Balaban J connectivity index is 2.02. The SMILES string of the molecule is Clc1ccc(NCc2ccc(Br)s2)cc1Br. The number of nitrogens with one attached hydrogen (secondary N) is 1. The average molecular weight is 382 g/mol. The lowest BCUT2D eigenvalue weighted by Crippen LogP contribution is -1.96. The van der Waals surface area contributed by atoms with E-state index in [9.17, 15) is 0 Å². The van der Waals surface area contributed by atoms with Crippen molar-refractivity contribution in [2.45, 2.75) is 6.54 Å². The Morgan fingerprint density at radius 3 is 2.62 bits per heavy atom. The van der Waals surface area contributed by atoms with E-state index in [0.717, 1.165) is 25.5 Å². The van der Waals surface area contributed by atoms with E-state index in [2.05, 4.69) is 49.3 Å². The van der Waals surface area contributed by atoms with Crippen LogP contribution in [0.4, 0.5) is 5.69 Å². The molecule has 0 amide bonds. The van der Waals surface area contributed by atoms with Crippen molar-refractivity contribution in [1.29, 1.82) is 0 Å². The molecule has 0 saturated carbocycles. The first-order chi connectivity index (χ1) is 7.65. The number of thiophene rings is 1. The number of halogens is 3. The van der Waals surface area contributed by atoms with Crippen molar-refractivity contribution in [3.05, 3.63) is 48.5 Å². The molecule has 0 aliphatic heterocycles. The molecule has 0 atom stereocenters. The Kier molecular flexibility index (Phi) is 4.30. The maximum absolute atomic E-state index is 5.92. The van der Waals surface area contributed by atoms with Crippen LogP contribution in [0.15, 0.2) is 38.6 Å². The number of rotatable bonds is 3. The van der Waals surface area contributed by atoms with Gasteiger partial charge in [-0.05, 0) is 62.2 Å². The lowest BCUT2D eigenvalue weighted by atomic mass is 10.3. The van der Waals surface area contributed by atoms with E-state index in [1.807, 2.05) is 18.2 Å². The summed E-state index contributed by atoms with van der Waals surface area (Å²) in [6.45, 7) is 0.824. The zero-order valence-electron chi connectivity index (χ0n) is 8.14. The minimum Gasteiger partial charge on any atom is -0.380 e. The van der Waals surface area contributed by atoms with E-state index in [1.54, 1.807) is 11.3 Å². The second-order valence-corrected chi connectivity index (χ2v) is 7.00.